The SMILES string of the molecule is Cc1cc(F)ccc1CN1CC2(CCN(C(=O)C3CC3)CC2)CC1C(=O)O. The lowest BCUT2D eigenvalue weighted by atomic mass is 9.76. The average Bonchev–Trinajstić information content (AvgIpc) is 3.41. The van der Waals surface area contributed by atoms with Crippen LogP contribution in [0.1, 0.15) is 43.2 Å². The van der Waals surface area contributed by atoms with Gasteiger partial charge in [-0.15, -0.1) is 0 Å². The van der Waals surface area contributed by atoms with Crippen molar-refractivity contribution in [1.29, 1.82) is 0 Å². The van der Waals surface area contributed by atoms with Crippen molar-refractivity contribution in [1.82, 2.24) is 9.80 Å². The summed E-state index contributed by atoms with van der Waals surface area (Å²) in [4.78, 5) is 28.2. The van der Waals surface area contributed by atoms with Crippen LogP contribution in [0.25, 0.3) is 0 Å². The topological polar surface area (TPSA) is 60.9 Å². The van der Waals surface area contributed by atoms with Gasteiger partial charge in [0.15, 0.2) is 0 Å². The molecule has 1 aromatic carbocycles. The van der Waals surface area contributed by atoms with E-state index in [2.05, 4.69) is 0 Å². The lowest BCUT2D eigenvalue weighted by Gasteiger charge is -2.39. The quantitative estimate of drug-likeness (QED) is 0.880. The number of halogens is 1. The molecule has 5 nitrogen and oxygen atoms in total. The zero-order valence-corrected chi connectivity index (χ0v) is 15.8. The molecular formula is C21H27FN2O3. The minimum Gasteiger partial charge on any atom is -0.480 e. The minimum absolute atomic E-state index is 0.0304. The number of aryl methyl sites for hydroxylation is 1. The highest BCUT2D eigenvalue weighted by molar-refractivity contribution is 5.81. The normalized spacial score (nSPS) is 25.1. The standard InChI is InChI=1S/C21H27FN2O3/c1-14-10-17(22)5-4-16(14)12-24-13-21(11-18(24)20(26)27)6-8-23(9-7-21)19(25)15-2-3-15/h4-5,10,15,18H,2-3,6-9,11-13H2,1H3,(H,26,27). The van der Waals surface area contributed by atoms with Crippen molar-refractivity contribution in [3.05, 3.63) is 35.1 Å². The molecule has 3 aliphatic rings. The molecule has 2 aliphatic heterocycles. The fraction of sp³-hybridized carbons (Fsp3) is 0.619. The summed E-state index contributed by atoms with van der Waals surface area (Å²) in [7, 11) is 0. The van der Waals surface area contributed by atoms with Crippen molar-refractivity contribution in [3.8, 4) is 0 Å². The van der Waals surface area contributed by atoms with E-state index >= 15 is 0 Å². The van der Waals surface area contributed by atoms with Gasteiger partial charge in [-0.05, 0) is 67.7 Å². The van der Waals surface area contributed by atoms with Crippen LogP contribution in [-0.4, -0.2) is 52.5 Å². The van der Waals surface area contributed by atoms with E-state index in [0.29, 0.717) is 13.0 Å². The van der Waals surface area contributed by atoms with Crippen molar-refractivity contribution in [2.24, 2.45) is 11.3 Å². The number of hydrogen-bond acceptors (Lipinski definition) is 3. The largest absolute Gasteiger partial charge is 0.480 e. The Morgan fingerprint density at radius 1 is 1.26 bits per heavy atom. The number of piperidine rings is 1. The van der Waals surface area contributed by atoms with Gasteiger partial charge in [-0.25, -0.2) is 4.39 Å². The average molecular weight is 374 g/mol. The van der Waals surface area contributed by atoms with Crippen LogP contribution in [0.3, 0.4) is 0 Å². The van der Waals surface area contributed by atoms with Gasteiger partial charge in [0, 0.05) is 32.1 Å². The molecule has 1 aliphatic carbocycles. The third kappa shape index (κ3) is 3.72. The summed E-state index contributed by atoms with van der Waals surface area (Å²) in [5.74, 6) is -0.525. The van der Waals surface area contributed by atoms with Crippen LogP contribution in [0.4, 0.5) is 4.39 Å². The molecule has 1 aromatic rings. The molecule has 2 saturated heterocycles. The molecule has 1 amide bonds. The van der Waals surface area contributed by atoms with Gasteiger partial charge in [0.05, 0.1) is 0 Å². The predicted octanol–water partition coefficient (Wildman–Crippen LogP) is 2.81. The first-order chi connectivity index (χ1) is 12.9. The number of benzene rings is 1. The number of carboxylic acids is 1. The van der Waals surface area contributed by atoms with Gasteiger partial charge in [-0.1, -0.05) is 6.07 Å². The number of carbonyl (C=O) groups excluding carboxylic acids is 1. The Balaban J connectivity index is 1.45. The molecule has 4 rings (SSSR count). The number of likely N-dealkylation sites (tertiary alicyclic amines) is 2. The first-order valence-corrected chi connectivity index (χ1v) is 9.88. The lowest BCUT2D eigenvalue weighted by Crippen LogP contribution is -2.44. The first-order valence-electron chi connectivity index (χ1n) is 9.88. The number of nitrogens with zero attached hydrogens (tertiary/aromatic N) is 2. The number of carboxylic acid groups (broad SMARTS) is 1. The second-order valence-electron chi connectivity index (χ2n) is 8.63. The monoisotopic (exact) mass is 374 g/mol. The van der Waals surface area contributed by atoms with E-state index in [4.69, 9.17) is 0 Å². The summed E-state index contributed by atoms with van der Waals surface area (Å²) in [6, 6.07) is 4.18. The fourth-order valence-corrected chi connectivity index (χ4v) is 4.76. The molecule has 1 unspecified atom stereocenters. The number of aliphatic carboxylic acids is 1. The third-order valence-electron chi connectivity index (χ3n) is 6.63. The zero-order valence-electron chi connectivity index (χ0n) is 15.8. The maximum atomic E-state index is 13.4. The minimum atomic E-state index is -0.789. The zero-order chi connectivity index (χ0) is 19.2. The smallest absolute Gasteiger partial charge is 0.320 e. The van der Waals surface area contributed by atoms with Crippen LogP contribution >= 0.6 is 0 Å². The van der Waals surface area contributed by atoms with Crippen molar-refractivity contribution in [2.75, 3.05) is 19.6 Å². The molecule has 6 heteroatoms. The number of hydrogen-bond donors (Lipinski definition) is 1. The summed E-state index contributed by atoms with van der Waals surface area (Å²) in [6.07, 6.45) is 4.41. The third-order valence-corrected chi connectivity index (χ3v) is 6.63. The molecule has 1 atom stereocenters. The highest BCUT2D eigenvalue weighted by Crippen LogP contribution is 2.45. The van der Waals surface area contributed by atoms with E-state index in [9.17, 15) is 19.1 Å². The van der Waals surface area contributed by atoms with E-state index in [1.54, 1.807) is 6.07 Å². The van der Waals surface area contributed by atoms with Gasteiger partial charge in [0.1, 0.15) is 11.9 Å². The van der Waals surface area contributed by atoms with Crippen molar-refractivity contribution < 1.29 is 19.1 Å². The summed E-state index contributed by atoms with van der Waals surface area (Å²) in [6.45, 7) is 4.60. The van der Waals surface area contributed by atoms with Crippen molar-refractivity contribution in [3.63, 3.8) is 0 Å². The summed E-state index contributed by atoms with van der Waals surface area (Å²) >= 11 is 0. The summed E-state index contributed by atoms with van der Waals surface area (Å²) in [5, 5.41) is 9.74. The van der Waals surface area contributed by atoms with Crippen LogP contribution < -0.4 is 0 Å². The van der Waals surface area contributed by atoms with E-state index in [0.717, 1.165) is 56.4 Å². The Kier molecular flexibility index (Phi) is 4.70. The molecule has 0 bridgehead atoms. The molecule has 0 radical (unpaired) electrons. The summed E-state index contributed by atoms with van der Waals surface area (Å²) in [5.41, 5.74) is 1.79. The Hall–Kier alpha value is -1.95. The van der Waals surface area contributed by atoms with Crippen LogP contribution in [0, 0.1) is 24.1 Å². The molecule has 27 heavy (non-hydrogen) atoms. The highest BCUT2D eigenvalue weighted by atomic mass is 19.1. The molecule has 1 saturated carbocycles. The second-order valence-corrected chi connectivity index (χ2v) is 8.63. The second kappa shape index (κ2) is 6.89. The van der Waals surface area contributed by atoms with Crippen molar-refractivity contribution >= 4 is 11.9 Å². The van der Waals surface area contributed by atoms with Crippen molar-refractivity contribution in [2.45, 2.75) is 51.6 Å². The molecule has 3 fully saturated rings. The Morgan fingerprint density at radius 3 is 2.56 bits per heavy atom. The van der Waals surface area contributed by atoms with E-state index in [1.165, 1.54) is 12.1 Å². The Morgan fingerprint density at radius 2 is 1.96 bits per heavy atom. The van der Waals surface area contributed by atoms with Gasteiger partial charge >= 0.3 is 5.97 Å². The maximum Gasteiger partial charge on any atom is 0.320 e. The highest BCUT2D eigenvalue weighted by Gasteiger charge is 2.49. The summed E-state index contributed by atoms with van der Waals surface area (Å²) < 4.78 is 13.4. The lowest BCUT2D eigenvalue weighted by molar-refractivity contribution is -0.142. The van der Waals surface area contributed by atoms with E-state index in [-0.39, 0.29) is 23.1 Å². The number of rotatable bonds is 4. The van der Waals surface area contributed by atoms with Crippen LogP contribution in [0.5, 0.6) is 0 Å². The van der Waals surface area contributed by atoms with Gasteiger partial charge in [0.2, 0.25) is 5.91 Å². The molecule has 2 heterocycles. The number of carbonyl (C=O) groups is 2. The fourth-order valence-electron chi connectivity index (χ4n) is 4.76. The van der Waals surface area contributed by atoms with Gasteiger partial charge in [0.25, 0.3) is 0 Å². The molecule has 0 aromatic heterocycles. The Bertz CT molecular complexity index is 754. The van der Waals surface area contributed by atoms with Gasteiger partial charge < -0.3 is 10.0 Å². The van der Waals surface area contributed by atoms with Gasteiger partial charge in [-0.2, -0.15) is 0 Å². The van der Waals surface area contributed by atoms with Gasteiger partial charge in [-0.3, -0.25) is 14.5 Å². The van der Waals surface area contributed by atoms with E-state index < -0.39 is 12.0 Å². The van der Waals surface area contributed by atoms with E-state index in [1.807, 2.05) is 16.7 Å². The Labute approximate surface area is 159 Å². The molecule has 1 spiro atoms. The van der Waals surface area contributed by atoms with Crippen LogP contribution in [0.2, 0.25) is 0 Å². The maximum absolute atomic E-state index is 13.4. The van der Waals surface area contributed by atoms with Crippen LogP contribution in [0.15, 0.2) is 18.2 Å². The number of amides is 1. The first kappa shape index (κ1) is 18.4. The van der Waals surface area contributed by atoms with Crippen LogP contribution in [-0.2, 0) is 16.1 Å². The molecule has 1 N–H and O–H groups in total. The molecule has 146 valence electrons. The molecular weight excluding hydrogens is 347 g/mol. The predicted molar refractivity (Wildman–Crippen MR) is 98.6 cm³/mol.